The Morgan fingerprint density at radius 2 is 2.06 bits per heavy atom. The van der Waals surface area contributed by atoms with Crippen LogP contribution < -0.4 is 5.32 Å². The number of aliphatic hydroxyl groups excluding tert-OH is 1. The molecule has 1 aliphatic heterocycles. The molecule has 1 unspecified atom stereocenters. The smallest absolute Gasteiger partial charge is 0.225 e. The average molecular weight is 254 g/mol. The van der Waals surface area contributed by atoms with Crippen molar-refractivity contribution in [3.63, 3.8) is 0 Å². The summed E-state index contributed by atoms with van der Waals surface area (Å²) in [5.74, 6) is 0.302. The molecule has 2 N–H and O–H groups in total. The maximum absolute atomic E-state index is 11.9. The molecule has 1 saturated carbocycles. The fraction of sp³-hybridized carbons (Fsp3) is 0.846. The van der Waals surface area contributed by atoms with Crippen LogP contribution in [0.15, 0.2) is 0 Å². The second-order valence-corrected chi connectivity index (χ2v) is 5.49. The molecule has 0 aromatic heterocycles. The molecule has 0 aromatic rings. The molecule has 0 radical (unpaired) electrons. The van der Waals surface area contributed by atoms with Crippen LogP contribution >= 0.6 is 0 Å². The lowest BCUT2D eigenvalue weighted by molar-refractivity contribution is -0.136. The van der Waals surface area contributed by atoms with E-state index in [1.165, 1.54) is 0 Å². The molecule has 2 aliphatic rings. The molecule has 2 rings (SSSR count). The first kappa shape index (κ1) is 13.3. The van der Waals surface area contributed by atoms with Crippen LogP contribution in [0.1, 0.15) is 32.6 Å². The quantitative estimate of drug-likeness (QED) is 0.749. The van der Waals surface area contributed by atoms with Gasteiger partial charge in [0.2, 0.25) is 11.8 Å². The highest BCUT2D eigenvalue weighted by Gasteiger charge is 2.36. The minimum atomic E-state index is -0.526. The molecular formula is C13H22N2O3. The van der Waals surface area contributed by atoms with Crippen molar-refractivity contribution >= 4 is 11.8 Å². The standard InChI is InChI=1S/C13H22N2O3/c1-9(16)7-14-12(17)11-3-2-6-15(8-11)13(18)10-4-5-10/h9-11,16H,2-8H2,1H3,(H,14,17)/t9-,11?/m1/s1. The van der Waals surface area contributed by atoms with E-state index < -0.39 is 6.10 Å². The van der Waals surface area contributed by atoms with Gasteiger partial charge in [0, 0.05) is 25.6 Å². The summed E-state index contributed by atoms with van der Waals surface area (Å²) in [6.45, 7) is 3.26. The zero-order valence-corrected chi connectivity index (χ0v) is 10.9. The van der Waals surface area contributed by atoms with Gasteiger partial charge in [-0.25, -0.2) is 0 Å². The number of amides is 2. The number of aliphatic hydroxyl groups is 1. The number of rotatable bonds is 4. The highest BCUT2D eigenvalue weighted by atomic mass is 16.3. The highest BCUT2D eigenvalue weighted by Crippen LogP contribution is 2.32. The van der Waals surface area contributed by atoms with Crippen LogP contribution in [0.2, 0.25) is 0 Å². The lowest BCUT2D eigenvalue weighted by Gasteiger charge is -2.32. The third-order valence-electron chi connectivity index (χ3n) is 3.60. The molecule has 0 spiro atoms. The van der Waals surface area contributed by atoms with E-state index in [1.54, 1.807) is 6.92 Å². The largest absolute Gasteiger partial charge is 0.392 e. The maximum Gasteiger partial charge on any atom is 0.225 e. The Labute approximate surface area is 108 Å². The van der Waals surface area contributed by atoms with Crippen molar-refractivity contribution in [2.75, 3.05) is 19.6 Å². The van der Waals surface area contributed by atoms with Crippen molar-refractivity contribution in [1.29, 1.82) is 0 Å². The minimum absolute atomic E-state index is 0.0378. The van der Waals surface area contributed by atoms with Crippen molar-refractivity contribution in [3.8, 4) is 0 Å². The van der Waals surface area contributed by atoms with Crippen molar-refractivity contribution in [2.24, 2.45) is 11.8 Å². The molecule has 2 fully saturated rings. The van der Waals surface area contributed by atoms with E-state index in [4.69, 9.17) is 5.11 Å². The van der Waals surface area contributed by atoms with Gasteiger partial charge in [-0.05, 0) is 32.6 Å². The summed E-state index contributed by atoms with van der Waals surface area (Å²) < 4.78 is 0. The number of carbonyl (C=O) groups excluding carboxylic acids is 2. The van der Waals surface area contributed by atoms with Gasteiger partial charge in [-0.2, -0.15) is 0 Å². The van der Waals surface area contributed by atoms with Gasteiger partial charge >= 0.3 is 0 Å². The summed E-state index contributed by atoms with van der Waals surface area (Å²) in [6.07, 6.45) is 3.22. The lowest BCUT2D eigenvalue weighted by Crippen LogP contribution is -2.46. The van der Waals surface area contributed by atoms with E-state index in [0.29, 0.717) is 6.54 Å². The minimum Gasteiger partial charge on any atom is -0.392 e. The summed E-state index contributed by atoms with van der Waals surface area (Å²) in [7, 11) is 0. The van der Waals surface area contributed by atoms with Crippen LogP contribution in [0.4, 0.5) is 0 Å². The van der Waals surface area contributed by atoms with Gasteiger partial charge in [-0.3, -0.25) is 9.59 Å². The molecule has 1 saturated heterocycles. The molecule has 18 heavy (non-hydrogen) atoms. The zero-order valence-electron chi connectivity index (χ0n) is 10.9. The Hall–Kier alpha value is -1.10. The Bertz CT molecular complexity index is 326. The topological polar surface area (TPSA) is 69.6 Å². The number of likely N-dealkylation sites (tertiary alicyclic amines) is 1. The van der Waals surface area contributed by atoms with Crippen LogP contribution in [-0.2, 0) is 9.59 Å². The van der Waals surface area contributed by atoms with E-state index >= 15 is 0 Å². The number of hydrogen-bond donors (Lipinski definition) is 2. The molecule has 1 heterocycles. The fourth-order valence-electron chi connectivity index (χ4n) is 2.37. The normalized spacial score (nSPS) is 25.7. The Morgan fingerprint density at radius 3 is 2.67 bits per heavy atom. The number of nitrogens with zero attached hydrogens (tertiary/aromatic N) is 1. The van der Waals surface area contributed by atoms with Crippen LogP contribution in [0.5, 0.6) is 0 Å². The first-order valence-electron chi connectivity index (χ1n) is 6.82. The van der Waals surface area contributed by atoms with Crippen molar-refractivity contribution < 1.29 is 14.7 Å². The van der Waals surface area contributed by atoms with Gasteiger partial charge in [0.15, 0.2) is 0 Å². The summed E-state index contributed by atoms with van der Waals surface area (Å²) in [5.41, 5.74) is 0. The molecule has 5 heteroatoms. The molecule has 0 bridgehead atoms. The fourth-order valence-corrected chi connectivity index (χ4v) is 2.37. The third-order valence-corrected chi connectivity index (χ3v) is 3.60. The van der Waals surface area contributed by atoms with Crippen LogP contribution in [-0.4, -0.2) is 47.6 Å². The van der Waals surface area contributed by atoms with Gasteiger partial charge in [0.25, 0.3) is 0 Å². The molecule has 0 aromatic carbocycles. The second kappa shape index (κ2) is 5.69. The highest BCUT2D eigenvalue weighted by molar-refractivity contribution is 5.83. The van der Waals surface area contributed by atoms with Crippen LogP contribution in [0, 0.1) is 11.8 Å². The van der Waals surface area contributed by atoms with Gasteiger partial charge < -0.3 is 15.3 Å². The zero-order chi connectivity index (χ0) is 13.1. The van der Waals surface area contributed by atoms with E-state index in [-0.39, 0.29) is 30.2 Å². The monoisotopic (exact) mass is 254 g/mol. The molecule has 2 atom stereocenters. The van der Waals surface area contributed by atoms with E-state index in [0.717, 1.165) is 32.2 Å². The van der Waals surface area contributed by atoms with E-state index in [1.807, 2.05) is 4.90 Å². The van der Waals surface area contributed by atoms with Gasteiger partial charge in [0.05, 0.1) is 12.0 Å². The van der Waals surface area contributed by atoms with Crippen molar-refractivity contribution in [1.82, 2.24) is 10.2 Å². The predicted octanol–water partition coefficient (Wildman–Crippen LogP) is 0.132. The summed E-state index contributed by atoms with van der Waals surface area (Å²) >= 11 is 0. The van der Waals surface area contributed by atoms with Gasteiger partial charge in [-0.1, -0.05) is 0 Å². The maximum atomic E-state index is 11.9. The first-order chi connectivity index (χ1) is 8.58. The van der Waals surface area contributed by atoms with Gasteiger partial charge in [0.1, 0.15) is 0 Å². The van der Waals surface area contributed by atoms with E-state index in [2.05, 4.69) is 5.32 Å². The summed E-state index contributed by atoms with van der Waals surface area (Å²) in [6, 6.07) is 0. The number of nitrogens with one attached hydrogen (secondary N) is 1. The molecule has 1 aliphatic carbocycles. The number of carbonyl (C=O) groups is 2. The molecule has 102 valence electrons. The summed E-state index contributed by atoms with van der Waals surface area (Å²) in [5, 5.41) is 11.9. The van der Waals surface area contributed by atoms with Crippen LogP contribution in [0.3, 0.4) is 0 Å². The molecular weight excluding hydrogens is 232 g/mol. The second-order valence-electron chi connectivity index (χ2n) is 5.49. The number of hydrogen-bond acceptors (Lipinski definition) is 3. The molecule has 2 amide bonds. The molecule has 5 nitrogen and oxygen atoms in total. The average Bonchev–Trinajstić information content (AvgIpc) is 3.19. The van der Waals surface area contributed by atoms with E-state index in [9.17, 15) is 9.59 Å². The van der Waals surface area contributed by atoms with Crippen LogP contribution in [0.25, 0.3) is 0 Å². The lowest BCUT2D eigenvalue weighted by atomic mass is 9.96. The van der Waals surface area contributed by atoms with Crippen molar-refractivity contribution in [2.45, 2.75) is 38.7 Å². The first-order valence-corrected chi connectivity index (χ1v) is 6.82. The SMILES string of the molecule is C[C@@H](O)CNC(=O)C1CCCN(C(=O)C2CC2)C1. The Kier molecular flexibility index (Phi) is 4.22. The Morgan fingerprint density at radius 1 is 1.33 bits per heavy atom. The number of piperidine rings is 1. The summed E-state index contributed by atoms with van der Waals surface area (Å²) in [4.78, 5) is 25.7. The van der Waals surface area contributed by atoms with Crippen molar-refractivity contribution in [3.05, 3.63) is 0 Å². The third kappa shape index (κ3) is 3.45. The van der Waals surface area contributed by atoms with Gasteiger partial charge in [-0.15, -0.1) is 0 Å². The Balaban J connectivity index is 1.81. The predicted molar refractivity (Wildman–Crippen MR) is 66.7 cm³/mol.